The first-order valence-corrected chi connectivity index (χ1v) is 7.11. The smallest absolute Gasteiger partial charge is 0.119 e. The molecule has 1 aliphatic heterocycles. The van der Waals surface area contributed by atoms with E-state index in [2.05, 4.69) is 4.90 Å². The van der Waals surface area contributed by atoms with Gasteiger partial charge in [0.05, 0.1) is 6.61 Å². The Morgan fingerprint density at radius 2 is 1.85 bits per heavy atom. The molecule has 1 saturated heterocycles. The number of rotatable bonds is 6. The molecule has 0 aliphatic carbocycles. The van der Waals surface area contributed by atoms with Crippen molar-refractivity contribution in [2.24, 2.45) is 5.73 Å². The first kappa shape index (κ1) is 17.1. The third kappa shape index (κ3) is 5.57. The van der Waals surface area contributed by atoms with Gasteiger partial charge in [0.2, 0.25) is 0 Å². The third-order valence-corrected chi connectivity index (χ3v) is 3.35. The van der Waals surface area contributed by atoms with Crippen LogP contribution in [0.1, 0.15) is 19.8 Å². The highest BCUT2D eigenvalue weighted by atomic mass is 35.5. The first-order valence-electron chi connectivity index (χ1n) is 7.11. The van der Waals surface area contributed by atoms with E-state index in [0.717, 1.165) is 37.6 Å². The highest BCUT2D eigenvalue weighted by molar-refractivity contribution is 5.85. The lowest BCUT2D eigenvalue weighted by atomic mass is 10.1. The molecule has 1 heterocycles. The fourth-order valence-electron chi connectivity index (χ4n) is 2.39. The number of hydrogen-bond acceptors (Lipinski definition) is 4. The number of benzene rings is 1. The minimum absolute atomic E-state index is 0. The Morgan fingerprint density at radius 1 is 1.20 bits per heavy atom. The van der Waals surface area contributed by atoms with Gasteiger partial charge in [0.1, 0.15) is 18.1 Å². The summed E-state index contributed by atoms with van der Waals surface area (Å²) < 4.78 is 11.1. The van der Waals surface area contributed by atoms with E-state index in [-0.39, 0.29) is 12.4 Å². The van der Waals surface area contributed by atoms with Gasteiger partial charge in [0, 0.05) is 19.1 Å². The molecule has 0 aromatic heterocycles. The van der Waals surface area contributed by atoms with Crippen molar-refractivity contribution in [1.82, 2.24) is 4.90 Å². The summed E-state index contributed by atoms with van der Waals surface area (Å²) in [6.45, 7) is 6.46. The molecule has 1 atom stereocenters. The first-order chi connectivity index (χ1) is 9.28. The molecule has 0 spiro atoms. The molecule has 4 nitrogen and oxygen atoms in total. The predicted molar refractivity (Wildman–Crippen MR) is 84.0 cm³/mol. The zero-order valence-corrected chi connectivity index (χ0v) is 12.9. The van der Waals surface area contributed by atoms with E-state index in [0.29, 0.717) is 19.3 Å². The summed E-state index contributed by atoms with van der Waals surface area (Å²) in [6, 6.07) is 8.12. The van der Waals surface area contributed by atoms with Crippen LogP contribution >= 0.6 is 12.4 Å². The van der Waals surface area contributed by atoms with Crippen molar-refractivity contribution in [3.8, 4) is 11.5 Å². The second-order valence-corrected chi connectivity index (χ2v) is 4.96. The van der Waals surface area contributed by atoms with Crippen LogP contribution in [0, 0.1) is 0 Å². The van der Waals surface area contributed by atoms with Crippen LogP contribution in [-0.2, 0) is 0 Å². The summed E-state index contributed by atoms with van der Waals surface area (Å²) in [5.41, 5.74) is 5.96. The molecule has 0 saturated carbocycles. The third-order valence-electron chi connectivity index (χ3n) is 3.35. The maximum atomic E-state index is 5.96. The fraction of sp³-hybridized carbons (Fsp3) is 0.600. The van der Waals surface area contributed by atoms with E-state index in [4.69, 9.17) is 15.2 Å². The van der Waals surface area contributed by atoms with Gasteiger partial charge in [-0.15, -0.1) is 12.4 Å². The highest BCUT2D eigenvalue weighted by Crippen LogP contribution is 2.17. The van der Waals surface area contributed by atoms with E-state index < -0.39 is 0 Å². The van der Waals surface area contributed by atoms with Crippen molar-refractivity contribution in [2.45, 2.75) is 25.8 Å². The van der Waals surface area contributed by atoms with Gasteiger partial charge in [0.15, 0.2) is 0 Å². The average Bonchev–Trinajstić information content (AvgIpc) is 2.41. The van der Waals surface area contributed by atoms with Crippen molar-refractivity contribution in [2.75, 3.05) is 32.8 Å². The molecule has 20 heavy (non-hydrogen) atoms. The number of nitrogens with two attached hydrogens (primary N) is 1. The number of piperidine rings is 1. The number of nitrogens with zero attached hydrogens (tertiary/aromatic N) is 1. The molecule has 0 amide bonds. The van der Waals surface area contributed by atoms with Crippen LogP contribution in [0.5, 0.6) is 11.5 Å². The highest BCUT2D eigenvalue weighted by Gasteiger charge is 2.15. The van der Waals surface area contributed by atoms with Crippen LogP contribution in [0.3, 0.4) is 0 Å². The van der Waals surface area contributed by atoms with E-state index in [1.807, 2.05) is 31.2 Å². The molecule has 1 aromatic carbocycles. The predicted octanol–water partition coefficient (Wildman–Crippen LogP) is 2.31. The molecule has 1 unspecified atom stereocenters. The maximum absolute atomic E-state index is 5.96. The fourth-order valence-corrected chi connectivity index (χ4v) is 2.39. The Hall–Kier alpha value is -0.970. The zero-order chi connectivity index (χ0) is 13.5. The summed E-state index contributed by atoms with van der Waals surface area (Å²) >= 11 is 0. The lowest BCUT2D eigenvalue weighted by Crippen LogP contribution is -2.44. The van der Waals surface area contributed by atoms with Crippen LogP contribution in [0.25, 0.3) is 0 Å². The molecule has 0 bridgehead atoms. The van der Waals surface area contributed by atoms with Gasteiger partial charge in [-0.25, -0.2) is 0 Å². The summed E-state index contributed by atoms with van der Waals surface area (Å²) in [4.78, 5) is 2.38. The quantitative estimate of drug-likeness (QED) is 0.876. The minimum Gasteiger partial charge on any atom is -0.494 e. The maximum Gasteiger partial charge on any atom is 0.119 e. The van der Waals surface area contributed by atoms with Crippen molar-refractivity contribution in [3.05, 3.63) is 24.3 Å². The van der Waals surface area contributed by atoms with Crippen molar-refractivity contribution < 1.29 is 9.47 Å². The van der Waals surface area contributed by atoms with Crippen LogP contribution in [0.2, 0.25) is 0 Å². The molecule has 2 N–H and O–H groups in total. The second-order valence-electron chi connectivity index (χ2n) is 4.96. The minimum atomic E-state index is 0. The Labute approximate surface area is 127 Å². The average molecular weight is 301 g/mol. The molecule has 114 valence electrons. The molecule has 1 aliphatic rings. The van der Waals surface area contributed by atoms with Gasteiger partial charge >= 0.3 is 0 Å². The summed E-state index contributed by atoms with van der Waals surface area (Å²) in [5.74, 6) is 1.78. The lowest BCUT2D eigenvalue weighted by molar-refractivity contribution is 0.171. The molecule has 5 heteroatoms. The van der Waals surface area contributed by atoms with E-state index in [1.165, 1.54) is 6.42 Å². The van der Waals surface area contributed by atoms with Gasteiger partial charge in [-0.1, -0.05) is 0 Å². The lowest BCUT2D eigenvalue weighted by Gasteiger charge is -2.30. The molecule has 1 fully saturated rings. The van der Waals surface area contributed by atoms with Gasteiger partial charge in [-0.2, -0.15) is 0 Å². The van der Waals surface area contributed by atoms with E-state index in [1.54, 1.807) is 0 Å². The summed E-state index contributed by atoms with van der Waals surface area (Å²) in [6.07, 6.45) is 2.35. The molecular formula is C15H25ClN2O2. The number of halogens is 1. The Morgan fingerprint density at radius 3 is 2.45 bits per heavy atom. The molecule has 0 radical (unpaired) electrons. The van der Waals surface area contributed by atoms with Crippen LogP contribution in [0.4, 0.5) is 0 Å². The van der Waals surface area contributed by atoms with Crippen molar-refractivity contribution in [3.63, 3.8) is 0 Å². The number of hydrogen-bond donors (Lipinski definition) is 1. The Kier molecular flexibility index (Phi) is 7.73. The van der Waals surface area contributed by atoms with E-state index >= 15 is 0 Å². The SMILES string of the molecule is CCOc1ccc(OCCN2CCCC(N)C2)cc1.Cl. The van der Waals surface area contributed by atoms with E-state index in [9.17, 15) is 0 Å². The van der Waals surface area contributed by atoms with Gasteiger partial charge in [-0.3, -0.25) is 4.90 Å². The molecule has 1 aromatic rings. The normalized spacial score (nSPS) is 19.2. The van der Waals surface area contributed by atoms with Crippen LogP contribution in [-0.4, -0.2) is 43.8 Å². The van der Waals surface area contributed by atoms with Crippen molar-refractivity contribution >= 4 is 12.4 Å². The summed E-state index contributed by atoms with van der Waals surface area (Å²) in [7, 11) is 0. The molecular weight excluding hydrogens is 276 g/mol. The molecule has 2 rings (SSSR count). The summed E-state index contributed by atoms with van der Waals surface area (Å²) in [5, 5.41) is 0. The van der Waals surface area contributed by atoms with Crippen LogP contribution < -0.4 is 15.2 Å². The second kappa shape index (κ2) is 9.06. The largest absolute Gasteiger partial charge is 0.494 e. The Balaban J connectivity index is 0.00000200. The van der Waals surface area contributed by atoms with Gasteiger partial charge < -0.3 is 15.2 Å². The standard InChI is InChI=1S/C15H24N2O2.ClH/c1-2-18-14-5-7-15(8-6-14)19-11-10-17-9-3-4-13(16)12-17;/h5-8,13H,2-4,9-12,16H2,1H3;1H. The zero-order valence-electron chi connectivity index (χ0n) is 12.1. The van der Waals surface area contributed by atoms with Crippen LogP contribution in [0.15, 0.2) is 24.3 Å². The monoisotopic (exact) mass is 300 g/mol. The number of likely N-dealkylation sites (tertiary alicyclic amines) is 1. The Bertz CT molecular complexity index is 373. The van der Waals surface area contributed by atoms with Crippen molar-refractivity contribution in [1.29, 1.82) is 0 Å². The van der Waals surface area contributed by atoms with Gasteiger partial charge in [-0.05, 0) is 50.6 Å². The van der Waals surface area contributed by atoms with Gasteiger partial charge in [0.25, 0.3) is 0 Å². The number of ether oxygens (including phenoxy) is 2. The topological polar surface area (TPSA) is 47.7 Å².